The minimum atomic E-state index is -0.199. The molecule has 0 saturated carbocycles. The van der Waals surface area contributed by atoms with Gasteiger partial charge in [0.1, 0.15) is 5.82 Å². The lowest BCUT2D eigenvalue weighted by Gasteiger charge is -2.00. The Balaban J connectivity index is 2.14. The molecule has 6 heteroatoms. The average Bonchev–Trinajstić information content (AvgIpc) is 2.77. The molecule has 15 heavy (non-hydrogen) atoms. The first kappa shape index (κ1) is 9.45. The van der Waals surface area contributed by atoms with Crippen molar-refractivity contribution in [3.05, 3.63) is 29.7 Å². The van der Waals surface area contributed by atoms with Crippen LogP contribution in [0, 0.1) is 6.92 Å². The summed E-state index contributed by atoms with van der Waals surface area (Å²) in [5, 5.41) is 13.1. The fourth-order valence-corrected chi connectivity index (χ4v) is 1.20. The molecule has 0 aliphatic rings. The van der Waals surface area contributed by atoms with Gasteiger partial charge in [-0.05, 0) is 6.92 Å². The molecule has 1 amide bonds. The lowest BCUT2D eigenvalue weighted by molar-refractivity contribution is 0.102. The summed E-state index contributed by atoms with van der Waals surface area (Å²) < 4.78 is 1.58. The van der Waals surface area contributed by atoms with Gasteiger partial charge in [0.25, 0.3) is 5.91 Å². The number of rotatable bonds is 2. The van der Waals surface area contributed by atoms with Crippen LogP contribution in [0.15, 0.2) is 18.6 Å². The molecule has 0 saturated heterocycles. The van der Waals surface area contributed by atoms with E-state index in [1.807, 2.05) is 6.92 Å². The zero-order valence-corrected chi connectivity index (χ0v) is 8.48. The van der Waals surface area contributed by atoms with Crippen molar-refractivity contribution in [3.63, 3.8) is 0 Å². The molecule has 0 fully saturated rings. The Kier molecular flexibility index (Phi) is 2.24. The molecule has 78 valence electrons. The van der Waals surface area contributed by atoms with Crippen molar-refractivity contribution in [2.45, 2.75) is 6.92 Å². The van der Waals surface area contributed by atoms with Gasteiger partial charge in [-0.1, -0.05) is 0 Å². The Bertz CT molecular complexity index is 484. The SMILES string of the molecule is Cc1cn[nH]c1NC(=O)c1cnn(C)c1. The van der Waals surface area contributed by atoms with Gasteiger partial charge in [0.2, 0.25) is 0 Å². The summed E-state index contributed by atoms with van der Waals surface area (Å²) in [6.07, 6.45) is 4.82. The molecule has 0 bridgehead atoms. The van der Waals surface area contributed by atoms with Gasteiger partial charge in [-0.2, -0.15) is 10.2 Å². The van der Waals surface area contributed by atoms with Crippen molar-refractivity contribution in [3.8, 4) is 0 Å². The van der Waals surface area contributed by atoms with E-state index in [-0.39, 0.29) is 5.91 Å². The molecule has 0 aliphatic carbocycles. The number of H-pyrrole nitrogens is 1. The second kappa shape index (κ2) is 3.56. The minimum absolute atomic E-state index is 0.199. The van der Waals surface area contributed by atoms with Gasteiger partial charge in [0, 0.05) is 18.8 Å². The highest BCUT2D eigenvalue weighted by Crippen LogP contribution is 2.10. The van der Waals surface area contributed by atoms with Crippen LogP contribution in [-0.2, 0) is 7.05 Å². The zero-order chi connectivity index (χ0) is 10.8. The number of carbonyl (C=O) groups excluding carboxylic acids is 1. The lowest BCUT2D eigenvalue weighted by atomic mass is 10.3. The number of nitrogens with one attached hydrogen (secondary N) is 2. The van der Waals surface area contributed by atoms with E-state index < -0.39 is 0 Å². The summed E-state index contributed by atoms with van der Waals surface area (Å²) in [5.41, 5.74) is 1.42. The minimum Gasteiger partial charge on any atom is -0.307 e. The molecular weight excluding hydrogens is 194 g/mol. The maximum Gasteiger partial charge on any atom is 0.259 e. The van der Waals surface area contributed by atoms with Crippen molar-refractivity contribution in [1.82, 2.24) is 20.0 Å². The first-order valence-electron chi connectivity index (χ1n) is 4.47. The van der Waals surface area contributed by atoms with E-state index in [4.69, 9.17) is 0 Å². The quantitative estimate of drug-likeness (QED) is 0.757. The average molecular weight is 205 g/mol. The summed E-state index contributed by atoms with van der Waals surface area (Å²) in [4.78, 5) is 11.7. The zero-order valence-electron chi connectivity index (χ0n) is 8.48. The number of aryl methyl sites for hydroxylation is 2. The Morgan fingerprint density at radius 2 is 2.33 bits per heavy atom. The maximum atomic E-state index is 11.7. The summed E-state index contributed by atoms with van der Waals surface area (Å²) in [7, 11) is 1.76. The van der Waals surface area contributed by atoms with Gasteiger partial charge < -0.3 is 5.32 Å². The van der Waals surface area contributed by atoms with Crippen LogP contribution in [0.4, 0.5) is 5.82 Å². The van der Waals surface area contributed by atoms with Crippen molar-refractivity contribution >= 4 is 11.7 Å². The Labute approximate surface area is 86.3 Å². The van der Waals surface area contributed by atoms with E-state index in [0.717, 1.165) is 5.56 Å². The third-order valence-corrected chi connectivity index (χ3v) is 2.03. The van der Waals surface area contributed by atoms with Crippen LogP contribution >= 0.6 is 0 Å². The van der Waals surface area contributed by atoms with Crippen LogP contribution in [0.2, 0.25) is 0 Å². The predicted octanol–water partition coefficient (Wildman–Crippen LogP) is 0.704. The van der Waals surface area contributed by atoms with Crippen LogP contribution in [-0.4, -0.2) is 25.9 Å². The highest BCUT2D eigenvalue weighted by Gasteiger charge is 2.09. The summed E-state index contributed by atoms with van der Waals surface area (Å²) in [5.74, 6) is 0.416. The van der Waals surface area contributed by atoms with Crippen LogP contribution < -0.4 is 5.32 Å². The second-order valence-electron chi connectivity index (χ2n) is 3.28. The molecule has 2 aromatic rings. The fourth-order valence-electron chi connectivity index (χ4n) is 1.20. The standard InChI is InChI=1S/C9H11N5O/c1-6-3-10-13-8(6)12-9(15)7-4-11-14(2)5-7/h3-5H,1-2H3,(H2,10,12,13,15). The smallest absolute Gasteiger partial charge is 0.259 e. The molecular formula is C9H11N5O. The number of anilines is 1. The van der Waals surface area contributed by atoms with Gasteiger partial charge in [0.05, 0.1) is 18.0 Å². The largest absolute Gasteiger partial charge is 0.307 e. The predicted molar refractivity (Wildman–Crippen MR) is 54.5 cm³/mol. The van der Waals surface area contributed by atoms with Crippen LogP contribution in [0.3, 0.4) is 0 Å². The Morgan fingerprint density at radius 3 is 2.87 bits per heavy atom. The van der Waals surface area contributed by atoms with Crippen molar-refractivity contribution in [1.29, 1.82) is 0 Å². The number of amides is 1. The molecule has 0 aliphatic heterocycles. The van der Waals surface area contributed by atoms with Gasteiger partial charge in [-0.3, -0.25) is 14.6 Å². The van der Waals surface area contributed by atoms with E-state index in [1.54, 1.807) is 24.1 Å². The van der Waals surface area contributed by atoms with Crippen LogP contribution in [0.1, 0.15) is 15.9 Å². The molecule has 6 nitrogen and oxygen atoms in total. The van der Waals surface area contributed by atoms with Crippen molar-refractivity contribution in [2.24, 2.45) is 7.05 Å². The first-order chi connectivity index (χ1) is 7.16. The highest BCUT2D eigenvalue weighted by molar-refractivity contribution is 6.03. The molecule has 0 aromatic carbocycles. The number of carbonyl (C=O) groups is 1. The third kappa shape index (κ3) is 1.88. The highest BCUT2D eigenvalue weighted by atomic mass is 16.1. The topological polar surface area (TPSA) is 75.6 Å². The van der Waals surface area contributed by atoms with Gasteiger partial charge in [0.15, 0.2) is 0 Å². The number of aromatic amines is 1. The molecule has 2 aromatic heterocycles. The van der Waals surface area contributed by atoms with E-state index in [2.05, 4.69) is 20.6 Å². The molecule has 0 unspecified atom stereocenters. The number of nitrogens with zero attached hydrogens (tertiary/aromatic N) is 3. The summed E-state index contributed by atoms with van der Waals surface area (Å²) in [6.45, 7) is 1.86. The van der Waals surface area contributed by atoms with Crippen molar-refractivity contribution < 1.29 is 4.79 Å². The van der Waals surface area contributed by atoms with Gasteiger partial charge in [-0.25, -0.2) is 0 Å². The number of aromatic nitrogens is 4. The second-order valence-corrected chi connectivity index (χ2v) is 3.28. The van der Waals surface area contributed by atoms with Crippen molar-refractivity contribution in [2.75, 3.05) is 5.32 Å². The van der Waals surface area contributed by atoms with Gasteiger partial charge >= 0.3 is 0 Å². The van der Waals surface area contributed by atoms with Crippen LogP contribution in [0.25, 0.3) is 0 Å². The normalized spacial score (nSPS) is 10.3. The molecule has 2 heterocycles. The van der Waals surface area contributed by atoms with E-state index >= 15 is 0 Å². The molecule has 0 spiro atoms. The fraction of sp³-hybridized carbons (Fsp3) is 0.222. The first-order valence-corrected chi connectivity index (χ1v) is 4.47. The van der Waals surface area contributed by atoms with E-state index in [1.165, 1.54) is 6.20 Å². The lowest BCUT2D eigenvalue weighted by Crippen LogP contribution is -2.12. The third-order valence-electron chi connectivity index (χ3n) is 2.03. The van der Waals surface area contributed by atoms with E-state index in [0.29, 0.717) is 11.4 Å². The number of hydrogen-bond acceptors (Lipinski definition) is 3. The summed E-state index contributed by atoms with van der Waals surface area (Å²) >= 11 is 0. The van der Waals surface area contributed by atoms with Crippen LogP contribution in [0.5, 0.6) is 0 Å². The molecule has 0 radical (unpaired) electrons. The van der Waals surface area contributed by atoms with E-state index in [9.17, 15) is 4.79 Å². The molecule has 2 rings (SSSR count). The monoisotopic (exact) mass is 205 g/mol. The Morgan fingerprint density at radius 1 is 1.53 bits per heavy atom. The Hall–Kier alpha value is -2.11. The van der Waals surface area contributed by atoms with Gasteiger partial charge in [-0.15, -0.1) is 0 Å². The molecule has 2 N–H and O–H groups in total. The maximum absolute atomic E-state index is 11.7. The molecule has 0 atom stereocenters. The summed E-state index contributed by atoms with van der Waals surface area (Å²) in [6, 6.07) is 0. The number of hydrogen-bond donors (Lipinski definition) is 2.